The van der Waals surface area contributed by atoms with Crippen molar-refractivity contribution in [2.24, 2.45) is 0 Å². The monoisotopic (exact) mass is 406 g/mol. The number of likely N-dealkylation sites (N-methyl/N-ethyl adjacent to an activating group) is 1. The minimum absolute atomic E-state index is 0.0175. The third kappa shape index (κ3) is 3.41. The molecular weight excluding hydrogens is 380 g/mol. The minimum atomic E-state index is -1.19. The number of aliphatic hydroxyl groups excluding tert-OH is 1. The van der Waals surface area contributed by atoms with Crippen LogP contribution in [-0.4, -0.2) is 58.9 Å². The zero-order valence-corrected chi connectivity index (χ0v) is 17.1. The Balaban J connectivity index is 1.68. The molecule has 4 rings (SSSR count). The molecule has 30 heavy (non-hydrogen) atoms. The van der Waals surface area contributed by atoms with Gasteiger partial charge in [0.15, 0.2) is 0 Å². The molecule has 2 aliphatic heterocycles. The van der Waals surface area contributed by atoms with Crippen molar-refractivity contribution in [3.05, 3.63) is 60.2 Å². The summed E-state index contributed by atoms with van der Waals surface area (Å²) in [6.45, 7) is 0.488. The van der Waals surface area contributed by atoms with Gasteiger partial charge in [0.1, 0.15) is 0 Å². The molecule has 2 atom stereocenters. The second-order valence-electron chi connectivity index (χ2n) is 8.20. The Bertz CT molecular complexity index is 957. The van der Waals surface area contributed by atoms with Crippen LogP contribution in [0.15, 0.2) is 54.6 Å². The van der Waals surface area contributed by atoms with Gasteiger partial charge in [0.05, 0.1) is 18.1 Å². The maximum atomic E-state index is 13.2. The van der Waals surface area contributed by atoms with E-state index in [0.29, 0.717) is 12.1 Å². The van der Waals surface area contributed by atoms with Gasteiger partial charge in [-0.1, -0.05) is 54.6 Å². The predicted molar refractivity (Wildman–Crippen MR) is 112 cm³/mol. The zero-order valence-electron chi connectivity index (χ0n) is 17.1. The number of imide groups is 1. The highest BCUT2D eigenvalue weighted by Crippen LogP contribution is 2.41. The van der Waals surface area contributed by atoms with Crippen molar-refractivity contribution in [3.63, 3.8) is 0 Å². The van der Waals surface area contributed by atoms with E-state index in [1.807, 2.05) is 54.6 Å². The number of carbonyl (C=O) groups excluding carboxylic acids is 3. The summed E-state index contributed by atoms with van der Waals surface area (Å²) < 4.78 is 0. The van der Waals surface area contributed by atoms with Gasteiger partial charge >= 0.3 is 0 Å². The fourth-order valence-corrected chi connectivity index (χ4v) is 4.68. The molecule has 0 spiro atoms. The van der Waals surface area contributed by atoms with Crippen molar-refractivity contribution in [1.82, 2.24) is 9.80 Å². The summed E-state index contributed by atoms with van der Waals surface area (Å²) in [5.74, 6) is -0.803. The first-order valence-electron chi connectivity index (χ1n) is 10.3. The number of benzene rings is 2. The number of likely N-dealkylation sites (tertiary alicyclic amines) is 2. The lowest BCUT2D eigenvalue weighted by Crippen LogP contribution is -2.44. The van der Waals surface area contributed by atoms with E-state index in [-0.39, 0.29) is 43.2 Å². The summed E-state index contributed by atoms with van der Waals surface area (Å²) in [7, 11) is 1.47. The smallest absolute Gasteiger partial charge is 0.240 e. The van der Waals surface area contributed by atoms with E-state index in [1.165, 1.54) is 7.05 Å². The Morgan fingerprint density at radius 1 is 1.07 bits per heavy atom. The van der Waals surface area contributed by atoms with Crippen molar-refractivity contribution < 1.29 is 19.5 Å². The molecule has 1 N–H and O–H groups in total. The SMILES string of the molecule is CN1C(=O)C[C@@](CC(=O)N2CCC[C@H]2CO)(c2ccc(-c3ccccc3)cc2)C1=O. The molecule has 2 aliphatic rings. The average Bonchev–Trinajstić information content (AvgIpc) is 3.34. The van der Waals surface area contributed by atoms with E-state index in [9.17, 15) is 19.5 Å². The number of hydrogen-bond donors (Lipinski definition) is 1. The normalized spacial score (nSPS) is 24.0. The number of amides is 3. The Morgan fingerprint density at radius 2 is 1.73 bits per heavy atom. The summed E-state index contributed by atoms with van der Waals surface area (Å²) in [6.07, 6.45) is 1.51. The van der Waals surface area contributed by atoms with Gasteiger partial charge in [-0.15, -0.1) is 0 Å². The second kappa shape index (κ2) is 8.03. The van der Waals surface area contributed by atoms with Gasteiger partial charge in [0.2, 0.25) is 17.7 Å². The molecule has 3 amide bonds. The molecule has 2 saturated heterocycles. The average molecular weight is 406 g/mol. The van der Waals surface area contributed by atoms with Gasteiger partial charge in [-0.05, 0) is 29.5 Å². The van der Waals surface area contributed by atoms with Crippen molar-refractivity contribution >= 4 is 17.7 Å². The quantitative estimate of drug-likeness (QED) is 0.774. The van der Waals surface area contributed by atoms with Gasteiger partial charge < -0.3 is 10.0 Å². The molecule has 0 unspecified atom stereocenters. The first-order chi connectivity index (χ1) is 14.5. The van der Waals surface area contributed by atoms with Crippen LogP contribution < -0.4 is 0 Å². The summed E-state index contributed by atoms with van der Waals surface area (Å²) in [5.41, 5.74) is 1.55. The first-order valence-corrected chi connectivity index (χ1v) is 10.3. The molecule has 2 fully saturated rings. The lowest BCUT2D eigenvalue weighted by atomic mass is 9.75. The zero-order chi connectivity index (χ0) is 21.3. The predicted octanol–water partition coefficient (Wildman–Crippen LogP) is 2.35. The molecule has 6 nitrogen and oxygen atoms in total. The molecule has 2 heterocycles. The summed E-state index contributed by atoms with van der Waals surface area (Å²) in [4.78, 5) is 41.5. The van der Waals surface area contributed by atoms with E-state index < -0.39 is 5.41 Å². The van der Waals surface area contributed by atoms with Gasteiger partial charge in [0.25, 0.3) is 0 Å². The maximum Gasteiger partial charge on any atom is 0.240 e. The van der Waals surface area contributed by atoms with Crippen LogP contribution >= 0.6 is 0 Å². The van der Waals surface area contributed by atoms with E-state index in [4.69, 9.17) is 0 Å². The largest absolute Gasteiger partial charge is 0.394 e. The summed E-state index contributed by atoms with van der Waals surface area (Å²) in [6, 6.07) is 17.3. The number of hydrogen-bond acceptors (Lipinski definition) is 4. The van der Waals surface area contributed by atoms with Gasteiger partial charge in [-0.25, -0.2) is 0 Å². The van der Waals surface area contributed by atoms with Crippen LogP contribution in [0.25, 0.3) is 11.1 Å². The number of nitrogens with zero attached hydrogens (tertiary/aromatic N) is 2. The molecule has 6 heteroatoms. The third-order valence-electron chi connectivity index (χ3n) is 6.45. The summed E-state index contributed by atoms with van der Waals surface area (Å²) >= 11 is 0. The molecule has 156 valence electrons. The van der Waals surface area contributed by atoms with Crippen LogP contribution in [-0.2, 0) is 19.8 Å². The Hall–Kier alpha value is -2.99. The maximum absolute atomic E-state index is 13.2. The first kappa shape index (κ1) is 20.3. The topological polar surface area (TPSA) is 77.9 Å². The fourth-order valence-electron chi connectivity index (χ4n) is 4.68. The molecule has 2 aromatic carbocycles. The standard InChI is InChI=1S/C24H26N2O4/c1-25-21(28)14-24(23(25)30,15-22(29)26-13-5-8-20(26)16-27)19-11-9-18(10-12-19)17-6-3-2-4-7-17/h2-4,6-7,9-12,20,27H,5,8,13-16H2,1H3/t20-,24+/m0/s1. The van der Waals surface area contributed by atoms with E-state index in [1.54, 1.807) is 4.90 Å². The lowest BCUT2D eigenvalue weighted by molar-refractivity contribution is -0.142. The van der Waals surface area contributed by atoms with E-state index in [0.717, 1.165) is 28.9 Å². The van der Waals surface area contributed by atoms with Crippen LogP contribution in [0, 0.1) is 0 Å². The highest BCUT2D eigenvalue weighted by Gasteiger charge is 2.53. The molecule has 0 radical (unpaired) electrons. The number of aliphatic hydroxyl groups is 1. The summed E-state index contributed by atoms with van der Waals surface area (Å²) in [5, 5.41) is 9.58. The number of rotatable bonds is 5. The Morgan fingerprint density at radius 3 is 2.33 bits per heavy atom. The van der Waals surface area contributed by atoms with Crippen LogP contribution in [0.1, 0.15) is 31.2 Å². The van der Waals surface area contributed by atoms with E-state index in [2.05, 4.69) is 0 Å². The highest BCUT2D eigenvalue weighted by molar-refractivity contribution is 6.10. The van der Waals surface area contributed by atoms with Crippen molar-refractivity contribution in [2.75, 3.05) is 20.2 Å². The number of carbonyl (C=O) groups is 3. The third-order valence-corrected chi connectivity index (χ3v) is 6.45. The molecule has 0 saturated carbocycles. The van der Waals surface area contributed by atoms with Crippen LogP contribution in [0.5, 0.6) is 0 Å². The Labute approximate surface area is 176 Å². The van der Waals surface area contributed by atoms with Gasteiger partial charge in [-0.3, -0.25) is 19.3 Å². The van der Waals surface area contributed by atoms with Crippen molar-refractivity contribution in [2.45, 2.75) is 37.1 Å². The molecule has 2 aromatic rings. The highest BCUT2D eigenvalue weighted by atomic mass is 16.3. The minimum Gasteiger partial charge on any atom is -0.394 e. The van der Waals surface area contributed by atoms with Gasteiger partial charge in [-0.2, -0.15) is 0 Å². The van der Waals surface area contributed by atoms with Crippen LogP contribution in [0.2, 0.25) is 0 Å². The molecule has 0 aromatic heterocycles. The van der Waals surface area contributed by atoms with Crippen molar-refractivity contribution in [3.8, 4) is 11.1 Å². The molecular formula is C24H26N2O4. The van der Waals surface area contributed by atoms with Crippen molar-refractivity contribution in [1.29, 1.82) is 0 Å². The van der Waals surface area contributed by atoms with E-state index >= 15 is 0 Å². The second-order valence-corrected chi connectivity index (χ2v) is 8.20. The molecule has 0 aliphatic carbocycles. The lowest BCUT2D eigenvalue weighted by Gasteiger charge is -2.30. The molecule has 0 bridgehead atoms. The Kier molecular flexibility index (Phi) is 5.43. The van der Waals surface area contributed by atoms with Gasteiger partial charge in [0, 0.05) is 26.4 Å². The van der Waals surface area contributed by atoms with Crippen LogP contribution in [0.3, 0.4) is 0 Å². The van der Waals surface area contributed by atoms with Crippen LogP contribution in [0.4, 0.5) is 0 Å². The fraction of sp³-hybridized carbons (Fsp3) is 0.375.